The standard InChI is InChI=1S/2NO2.Pd/c2*2-1-3;. The third kappa shape index (κ3) is 5.46. The summed E-state index contributed by atoms with van der Waals surface area (Å²) in [5.74, 6) is 0. The topological polar surface area (TPSA) is 86.3 Å². The molecule has 0 unspecified atom stereocenters. The van der Waals surface area contributed by atoms with Crippen LogP contribution in [0, 0.1) is 20.2 Å². The summed E-state index contributed by atoms with van der Waals surface area (Å²) in [6.45, 7) is 0. The SMILES string of the molecule is O=[N+]([O-])[Pd][N+](=O)[O-]. The summed E-state index contributed by atoms with van der Waals surface area (Å²) in [6.07, 6.45) is 0. The Morgan fingerprint density at radius 2 is 1.43 bits per heavy atom. The van der Waals surface area contributed by atoms with Gasteiger partial charge in [0.1, 0.15) is 0 Å². The normalized spacial score (nSPS) is 8.57. The summed E-state index contributed by atoms with van der Waals surface area (Å²) in [7, 11) is 0. The van der Waals surface area contributed by atoms with E-state index in [4.69, 9.17) is 0 Å². The van der Waals surface area contributed by atoms with Gasteiger partial charge in [0.25, 0.3) is 0 Å². The first-order chi connectivity index (χ1) is 3.13. The summed E-state index contributed by atoms with van der Waals surface area (Å²) in [4.78, 5) is 18.4. The zero-order valence-corrected chi connectivity index (χ0v) is 4.40. The maximum atomic E-state index is 9.20. The number of hydrogen-bond acceptors (Lipinski definition) is 4. The van der Waals surface area contributed by atoms with Crippen LogP contribution in [-0.2, 0) is 18.5 Å². The first-order valence-corrected chi connectivity index (χ1v) is 2.40. The third-order valence-corrected chi connectivity index (χ3v) is 0.611. The van der Waals surface area contributed by atoms with Crippen LogP contribution in [0.25, 0.3) is 0 Å². The van der Waals surface area contributed by atoms with E-state index in [2.05, 4.69) is 0 Å². The van der Waals surface area contributed by atoms with Gasteiger partial charge in [0.15, 0.2) is 0 Å². The predicted molar refractivity (Wildman–Crippen MR) is 14.0 cm³/mol. The summed E-state index contributed by atoms with van der Waals surface area (Å²) >= 11 is -1.58. The average molecular weight is 198 g/mol. The van der Waals surface area contributed by atoms with Gasteiger partial charge in [-0.15, -0.1) is 0 Å². The van der Waals surface area contributed by atoms with Crippen molar-refractivity contribution in [3.63, 3.8) is 0 Å². The van der Waals surface area contributed by atoms with Gasteiger partial charge in [-0.2, -0.15) is 0 Å². The van der Waals surface area contributed by atoms with E-state index in [1.165, 1.54) is 0 Å². The van der Waals surface area contributed by atoms with Crippen molar-refractivity contribution in [1.82, 2.24) is 0 Å². The van der Waals surface area contributed by atoms with Gasteiger partial charge in [-0.25, -0.2) is 0 Å². The van der Waals surface area contributed by atoms with Crippen LogP contribution in [0.2, 0.25) is 0 Å². The molecule has 0 saturated heterocycles. The van der Waals surface area contributed by atoms with Crippen LogP contribution in [0.4, 0.5) is 0 Å². The second-order valence-corrected chi connectivity index (χ2v) is 1.89. The van der Waals surface area contributed by atoms with Crippen molar-refractivity contribution in [3.8, 4) is 0 Å². The van der Waals surface area contributed by atoms with E-state index >= 15 is 0 Å². The Balaban J connectivity index is 3.32. The summed E-state index contributed by atoms with van der Waals surface area (Å²) in [5, 5.41) is 18.4. The molecule has 0 atom stereocenters. The van der Waals surface area contributed by atoms with Crippen molar-refractivity contribution in [2.45, 2.75) is 0 Å². The molecule has 0 N–H and O–H groups in total. The molecular formula is N2O4Pd. The Morgan fingerprint density at radius 1 is 1.14 bits per heavy atom. The molecule has 0 fully saturated rings. The average Bonchev–Trinajstić information content (AvgIpc) is 1.27. The fourth-order valence-electron chi connectivity index (χ4n) is 0.0422. The molecule has 0 spiro atoms. The Kier molecular flexibility index (Phi) is 2.40. The molecule has 0 aliphatic heterocycles. The fraction of sp³-hybridized carbons (Fsp3) is 0. The van der Waals surface area contributed by atoms with Crippen molar-refractivity contribution in [2.24, 2.45) is 0 Å². The molecule has 0 aliphatic rings. The predicted octanol–water partition coefficient (Wildman–Crippen LogP) is -0.548. The molecule has 0 aliphatic carbocycles. The van der Waals surface area contributed by atoms with E-state index in [0.717, 1.165) is 0 Å². The number of nitro groups is 2. The Morgan fingerprint density at radius 3 is 1.43 bits per heavy atom. The van der Waals surface area contributed by atoms with Crippen LogP contribution >= 0.6 is 0 Å². The van der Waals surface area contributed by atoms with Crippen molar-refractivity contribution in [3.05, 3.63) is 20.2 Å². The maximum absolute atomic E-state index is 9.20. The van der Waals surface area contributed by atoms with Crippen LogP contribution < -0.4 is 0 Å². The van der Waals surface area contributed by atoms with Crippen molar-refractivity contribution < 1.29 is 25.6 Å². The second kappa shape index (κ2) is 2.60. The summed E-state index contributed by atoms with van der Waals surface area (Å²) in [5.41, 5.74) is 0. The van der Waals surface area contributed by atoms with Gasteiger partial charge in [0.05, 0.1) is 0 Å². The van der Waals surface area contributed by atoms with Crippen LogP contribution in [-0.4, -0.2) is 7.11 Å². The minimum atomic E-state index is -1.58. The fourth-order valence-corrected chi connectivity index (χ4v) is 0.249. The molecule has 0 aromatic carbocycles. The van der Waals surface area contributed by atoms with Gasteiger partial charge in [-0.3, -0.25) is 0 Å². The summed E-state index contributed by atoms with van der Waals surface area (Å²) < 4.78 is -1.90. The Bertz CT molecular complexity index is 85.9. The van der Waals surface area contributed by atoms with Gasteiger partial charge >= 0.3 is 45.8 Å². The molecule has 0 aromatic heterocycles. The Labute approximate surface area is 46.5 Å². The quantitative estimate of drug-likeness (QED) is 0.338. The monoisotopic (exact) mass is 198 g/mol. The molecule has 7 heteroatoms. The molecule has 0 saturated carbocycles. The zero-order valence-electron chi connectivity index (χ0n) is 2.84. The Hall–Kier alpha value is -0.538. The van der Waals surface area contributed by atoms with Gasteiger partial charge < -0.3 is 0 Å². The molecular weight excluding hydrogens is 198 g/mol. The van der Waals surface area contributed by atoms with Gasteiger partial charge in [0, 0.05) is 0 Å². The van der Waals surface area contributed by atoms with Gasteiger partial charge in [-0.1, -0.05) is 0 Å². The van der Waals surface area contributed by atoms with E-state index in [1.54, 1.807) is 0 Å². The van der Waals surface area contributed by atoms with Crippen molar-refractivity contribution >= 4 is 0 Å². The molecule has 7 heavy (non-hydrogen) atoms. The summed E-state index contributed by atoms with van der Waals surface area (Å²) in [6, 6.07) is 0. The van der Waals surface area contributed by atoms with Gasteiger partial charge in [-0.05, 0) is 0 Å². The molecule has 0 rings (SSSR count). The molecule has 0 aromatic rings. The van der Waals surface area contributed by atoms with E-state index in [-0.39, 0.29) is 0 Å². The van der Waals surface area contributed by atoms with Crippen LogP contribution in [0.3, 0.4) is 0 Å². The van der Waals surface area contributed by atoms with E-state index in [1.807, 2.05) is 0 Å². The number of hydrogen-bond donors (Lipinski definition) is 0. The molecule has 0 radical (unpaired) electrons. The molecule has 6 nitrogen and oxygen atoms in total. The van der Waals surface area contributed by atoms with E-state index in [0.29, 0.717) is 0 Å². The third-order valence-electron chi connectivity index (χ3n) is 0.103. The van der Waals surface area contributed by atoms with Crippen LogP contribution in [0.1, 0.15) is 0 Å². The number of rotatable bonds is 2. The number of nitrogens with zero attached hydrogens (tertiary/aromatic N) is 2. The van der Waals surface area contributed by atoms with Crippen LogP contribution in [0.15, 0.2) is 0 Å². The zero-order chi connectivity index (χ0) is 5.86. The molecule has 44 valence electrons. The van der Waals surface area contributed by atoms with Crippen LogP contribution in [0.5, 0.6) is 0 Å². The van der Waals surface area contributed by atoms with E-state index in [9.17, 15) is 20.2 Å². The van der Waals surface area contributed by atoms with Crippen molar-refractivity contribution in [2.75, 3.05) is 0 Å². The molecule has 0 amide bonds. The van der Waals surface area contributed by atoms with Gasteiger partial charge in [0.2, 0.25) is 0 Å². The first-order valence-electron chi connectivity index (χ1n) is 1.01. The molecule has 0 heterocycles. The second-order valence-electron chi connectivity index (χ2n) is 0.443. The van der Waals surface area contributed by atoms with Crippen molar-refractivity contribution in [1.29, 1.82) is 0 Å². The van der Waals surface area contributed by atoms with E-state index < -0.39 is 25.6 Å². The first kappa shape index (κ1) is 6.46. The minimum absolute atomic E-state index is 0.950. The molecule has 0 bridgehead atoms.